The first-order valence-corrected chi connectivity index (χ1v) is 51.4. The predicted molar refractivity (Wildman–Crippen MR) is 297 cm³/mol. The van der Waals surface area contributed by atoms with E-state index in [0.717, 1.165) is 41.9 Å². The van der Waals surface area contributed by atoms with Crippen LogP contribution in [0.4, 0.5) is 0 Å². The molecule has 4 atom stereocenters. The molecule has 0 aliphatic heterocycles. The topological polar surface area (TPSA) is 111 Å². The van der Waals surface area contributed by atoms with E-state index in [4.69, 9.17) is 51.9 Å². The zero-order chi connectivity index (χ0) is 50.0. The van der Waals surface area contributed by atoms with E-state index >= 15 is 0 Å². The summed E-state index contributed by atoms with van der Waals surface area (Å²) >= 11 is 0. The van der Waals surface area contributed by atoms with Gasteiger partial charge in [0.25, 0.3) is 0 Å². The number of hydrogen-bond acceptors (Lipinski definition) is 12. The van der Waals surface area contributed by atoms with Gasteiger partial charge in [0.15, 0.2) is 34.0 Å². The molecule has 0 amide bonds. The van der Waals surface area contributed by atoms with Crippen molar-refractivity contribution in [2.75, 3.05) is 52.1 Å². The maximum atomic E-state index is 7.46. The van der Waals surface area contributed by atoms with E-state index in [9.17, 15) is 0 Å². The molecule has 0 saturated heterocycles. The van der Waals surface area contributed by atoms with Crippen LogP contribution >= 0.6 is 0 Å². The van der Waals surface area contributed by atoms with Crippen LogP contribution in [0.25, 0.3) is 0 Å². The molecule has 0 fully saturated rings. The highest BCUT2D eigenvalue weighted by atomic mass is 28.5. The zero-order valence-corrected chi connectivity index (χ0v) is 54.7. The van der Waals surface area contributed by atoms with E-state index in [1.54, 1.807) is 0 Å². The molecule has 0 saturated carbocycles. The van der Waals surface area contributed by atoms with Crippen molar-refractivity contribution in [2.45, 2.75) is 144 Å². The van der Waals surface area contributed by atoms with E-state index in [1.807, 2.05) is 30.0 Å². The quantitative estimate of drug-likeness (QED) is 0.0479. The average molecular weight is 1090 g/mol. The lowest BCUT2D eigenvalue weighted by Crippen LogP contribution is -2.67. The molecule has 0 radical (unpaired) electrons. The van der Waals surface area contributed by atoms with Crippen molar-refractivity contribution in [3.05, 3.63) is 72.9 Å². The number of hydrogen-bond donors (Lipinski definition) is 0. The van der Waals surface area contributed by atoms with Crippen LogP contribution in [0.2, 0.25) is 117 Å². The summed E-state index contributed by atoms with van der Waals surface area (Å²) in [6, 6.07) is 22.5. The van der Waals surface area contributed by atoms with Gasteiger partial charge in [-0.1, -0.05) is 80.2 Å². The lowest BCUT2D eigenvalue weighted by molar-refractivity contribution is 0.0558. The summed E-state index contributed by atoms with van der Waals surface area (Å²) < 4.78 is 81.6. The lowest BCUT2D eigenvalue weighted by atomic mass is 10.4. The largest absolute Gasteiger partial charge is 0.438 e. The third-order valence-corrected chi connectivity index (χ3v) is 48.6. The van der Waals surface area contributed by atoms with Crippen LogP contribution in [0, 0.1) is 0 Å². The molecule has 2 rings (SSSR count). The summed E-state index contributed by atoms with van der Waals surface area (Å²) in [5.74, 6) is 0. The van der Waals surface area contributed by atoms with Crippen molar-refractivity contribution >= 4 is 95.7 Å². The Hall–Kier alpha value is -0.131. The average Bonchev–Trinajstić information content (AvgIpc) is 3.18. The molecule has 66 heavy (non-hydrogen) atoms. The Balaban J connectivity index is 2.40. The highest BCUT2D eigenvalue weighted by Gasteiger charge is 2.53. The van der Waals surface area contributed by atoms with Crippen molar-refractivity contribution in [3.8, 4) is 0 Å². The minimum atomic E-state index is -3.15. The van der Waals surface area contributed by atoms with Gasteiger partial charge >= 0.3 is 51.4 Å². The van der Waals surface area contributed by atoms with Crippen LogP contribution < -0.4 is 10.4 Å². The number of ether oxygens (including phenoxy) is 4. The van der Waals surface area contributed by atoms with Crippen LogP contribution in [0.3, 0.4) is 0 Å². The summed E-state index contributed by atoms with van der Waals surface area (Å²) in [5, 5.41) is 2.09. The zero-order valence-electron chi connectivity index (χ0n) is 44.5. The fourth-order valence-electron chi connectivity index (χ4n) is 8.10. The molecule has 0 heterocycles. The second-order valence-corrected chi connectivity index (χ2v) is 56.8. The molecule has 0 aliphatic rings. The van der Waals surface area contributed by atoms with Crippen LogP contribution in [-0.2, 0) is 51.9 Å². The Morgan fingerprint density at radius 2 is 0.833 bits per heavy atom. The van der Waals surface area contributed by atoms with Crippen molar-refractivity contribution in [1.29, 1.82) is 0 Å². The Kier molecular flexibility index (Phi) is 25.9. The van der Waals surface area contributed by atoms with Crippen molar-refractivity contribution in [1.82, 2.24) is 0 Å². The van der Waals surface area contributed by atoms with Crippen LogP contribution in [0.1, 0.15) is 26.7 Å². The van der Waals surface area contributed by atoms with E-state index < -0.39 is 85.4 Å². The Morgan fingerprint density at radius 3 is 1.24 bits per heavy atom. The van der Waals surface area contributed by atoms with E-state index in [2.05, 4.69) is 162 Å². The van der Waals surface area contributed by atoms with Gasteiger partial charge in [0.2, 0.25) is 0 Å². The molecule has 0 N–H and O–H groups in total. The maximum absolute atomic E-state index is 7.46. The lowest BCUT2D eigenvalue weighted by Gasteiger charge is -2.45. The highest BCUT2D eigenvalue weighted by molar-refractivity contribution is 6.97. The first kappa shape index (κ1) is 62.0. The summed E-state index contributed by atoms with van der Waals surface area (Å²) in [5.41, 5.74) is 1.96. The summed E-state index contributed by atoms with van der Waals surface area (Å²) in [6.45, 7) is 46.7. The standard InChI is InChI=1S/C44H92O12Si10/c1-20-33-45-35-37-47-41-63(16,49-57(4)5)55-65(18,43-29-25-23-26-30-43)54-62(14,15)51-59(8,9)39-40-60(10,11)52-64(17,42-48-38-36-46-34-21-2)56-66(19,44-31-27-24-28-32-44)53-61(12,13)50-58(6,7)22-3/h22-32,57H,3,20-21,33-42H2,1-2,4-19H3. The van der Waals surface area contributed by atoms with Crippen molar-refractivity contribution in [2.24, 2.45) is 0 Å². The molecule has 0 spiro atoms. The normalized spacial score (nSPS) is 17.0. The fourth-order valence-corrected chi connectivity index (χ4v) is 56.0. The monoisotopic (exact) mass is 1090 g/mol. The van der Waals surface area contributed by atoms with Gasteiger partial charge in [0.05, 0.1) is 38.9 Å². The van der Waals surface area contributed by atoms with E-state index in [0.29, 0.717) is 45.5 Å². The van der Waals surface area contributed by atoms with Crippen LogP contribution in [0.5, 0.6) is 0 Å². The Morgan fingerprint density at radius 1 is 0.455 bits per heavy atom. The second-order valence-electron chi connectivity index (χ2n) is 20.7. The molecule has 22 heteroatoms. The molecule has 0 aromatic heterocycles. The summed E-state index contributed by atoms with van der Waals surface area (Å²) in [4.78, 5) is 0. The summed E-state index contributed by atoms with van der Waals surface area (Å²) in [7, 11) is -26.2. The Labute approximate surface area is 413 Å². The predicted octanol–water partition coefficient (Wildman–Crippen LogP) is 9.91. The Bertz CT molecular complexity index is 1680. The number of benzene rings is 2. The molecular formula is C44H92O12Si10. The van der Waals surface area contributed by atoms with Gasteiger partial charge in [-0.15, -0.1) is 6.58 Å². The first-order chi connectivity index (χ1) is 30.5. The summed E-state index contributed by atoms with van der Waals surface area (Å²) in [6.07, 6.45) is 2.69. The fraction of sp³-hybridized carbons (Fsp3) is 0.682. The molecule has 4 unspecified atom stereocenters. The molecule has 12 nitrogen and oxygen atoms in total. The van der Waals surface area contributed by atoms with Crippen molar-refractivity contribution < 1.29 is 51.9 Å². The van der Waals surface area contributed by atoms with Crippen LogP contribution in [0.15, 0.2) is 72.9 Å². The third-order valence-electron chi connectivity index (χ3n) is 10.3. The van der Waals surface area contributed by atoms with Crippen molar-refractivity contribution in [3.63, 3.8) is 0 Å². The molecule has 0 aliphatic carbocycles. The SMILES string of the molecule is C=C[Si](C)(C)O[Si](C)(C)O[Si](C)(O[Si](C)(COCCOCCC)O[Si](C)(C)CC[Si](C)(C)O[Si](C)(C)O[Si](C)(O[Si](C)(COCCOCCC)O[SiH](C)C)c1ccccc1)c1ccccc1. The van der Waals surface area contributed by atoms with Gasteiger partial charge in [-0.25, -0.2) is 0 Å². The minimum absolute atomic E-state index is 0.351. The minimum Gasteiger partial charge on any atom is -0.438 e. The van der Waals surface area contributed by atoms with Gasteiger partial charge in [0.1, 0.15) is 0 Å². The molecular weight excluding hydrogens is 1000 g/mol. The van der Waals surface area contributed by atoms with E-state index in [-0.39, 0.29) is 0 Å². The van der Waals surface area contributed by atoms with Gasteiger partial charge in [-0.05, 0) is 140 Å². The van der Waals surface area contributed by atoms with Gasteiger partial charge in [-0.3, -0.25) is 0 Å². The third kappa shape index (κ3) is 23.9. The van der Waals surface area contributed by atoms with Crippen LogP contribution in [-0.4, -0.2) is 137 Å². The molecule has 2 aromatic rings. The second kappa shape index (κ2) is 27.6. The first-order valence-electron chi connectivity index (χ1n) is 24.1. The highest BCUT2D eigenvalue weighted by Crippen LogP contribution is 2.32. The van der Waals surface area contributed by atoms with Gasteiger partial charge in [-0.2, -0.15) is 0 Å². The van der Waals surface area contributed by atoms with E-state index in [1.165, 1.54) is 0 Å². The molecule has 0 bridgehead atoms. The number of rotatable bonds is 36. The molecule has 2 aromatic carbocycles. The van der Waals surface area contributed by atoms with Gasteiger partial charge in [0, 0.05) is 13.2 Å². The molecule has 380 valence electrons. The smallest absolute Gasteiger partial charge is 0.351 e. The maximum Gasteiger partial charge on any atom is 0.351 e. The van der Waals surface area contributed by atoms with Gasteiger partial charge < -0.3 is 51.9 Å².